The molecule has 1 saturated heterocycles. The van der Waals surface area contributed by atoms with Gasteiger partial charge in [0.25, 0.3) is 0 Å². The summed E-state index contributed by atoms with van der Waals surface area (Å²) in [6.45, 7) is 2.46. The van der Waals surface area contributed by atoms with E-state index in [0.29, 0.717) is 6.61 Å². The van der Waals surface area contributed by atoms with E-state index in [2.05, 4.69) is 28.2 Å². The molecule has 3 aromatic rings. The zero-order chi connectivity index (χ0) is 14.7. The minimum Gasteiger partial charge on any atom is -0.396 e. The molecule has 2 fully saturated rings. The van der Waals surface area contributed by atoms with Crippen LogP contribution in [-0.2, 0) is 0 Å². The number of aliphatic hydroxyl groups is 1. The molecule has 112 valence electrons. The van der Waals surface area contributed by atoms with E-state index in [1.165, 1.54) is 0 Å². The van der Waals surface area contributed by atoms with Gasteiger partial charge >= 0.3 is 0 Å². The Balaban J connectivity index is 1.46. The number of benzene rings is 1. The Morgan fingerprint density at radius 3 is 2.73 bits per heavy atom. The molecule has 1 aliphatic heterocycles. The monoisotopic (exact) mass is 294 g/mol. The van der Waals surface area contributed by atoms with E-state index < -0.39 is 0 Å². The van der Waals surface area contributed by atoms with E-state index >= 15 is 0 Å². The standard InChI is InChI=1S/C17H18N4O/c22-8-6-11-12-9-20(10-13(11)12)16-5-7-21-15-4-2-1-3-14(15)18-17(21)19-16/h1-5,7,11-13,22H,6,8-10H2/t11-,12-,13+. The Kier molecular flexibility index (Phi) is 2.50. The minimum absolute atomic E-state index is 0.322. The van der Waals surface area contributed by atoms with Crippen molar-refractivity contribution in [3.63, 3.8) is 0 Å². The number of nitrogens with zero attached hydrogens (tertiary/aromatic N) is 4. The van der Waals surface area contributed by atoms with E-state index in [1.807, 2.05) is 22.6 Å². The summed E-state index contributed by atoms with van der Waals surface area (Å²) in [4.78, 5) is 11.7. The normalized spacial score (nSPS) is 26.8. The molecule has 0 amide bonds. The van der Waals surface area contributed by atoms with Crippen molar-refractivity contribution in [1.29, 1.82) is 0 Å². The lowest BCUT2D eigenvalue weighted by atomic mass is 10.2. The largest absolute Gasteiger partial charge is 0.396 e. The summed E-state index contributed by atoms with van der Waals surface area (Å²) in [5, 5.41) is 9.07. The van der Waals surface area contributed by atoms with Crippen molar-refractivity contribution in [2.75, 3.05) is 24.6 Å². The summed E-state index contributed by atoms with van der Waals surface area (Å²) in [6.07, 6.45) is 3.03. The van der Waals surface area contributed by atoms with Gasteiger partial charge < -0.3 is 10.0 Å². The van der Waals surface area contributed by atoms with Crippen molar-refractivity contribution < 1.29 is 5.11 Å². The van der Waals surface area contributed by atoms with Crippen LogP contribution in [0.2, 0.25) is 0 Å². The maximum absolute atomic E-state index is 9.07. The molecule has 2 aromatic heterocycles. The first-order chi connectivity index (χ1) is 10.8. The zero-order valence-electron chi connectivity index (χ0n) is 12.3. The second-order valence-corrected chi connectivity index (χ2v) is 6.47. The fourth-order valence-electron chi connectivity index (χ4n) is 4.13. The van der Waals surface area contributed by atoms with Gasteiger partial charge in [0.15, 0.2) is 0 Å². The van der Waals surface area contributed by atoms with Gasteiger partial charge in [-0.25, -0.2) is 4.98 Å². The predicted octanol–water partition coefficient (Wildman–Crippen LogP) is 1.95. The van der Waals surface area contributed by atoms with Crippen LogP contribution in [0, 0.1) is 17.8 Å². The van der Waals surface area contributed by atoms with E-state index in [4.69, 9.17) is 10.1 Å². The summed E-state index contributed by atoms with van der Waals surface area (Å²) in [5.41, 5.74) is 2.09. The number of para-hydroxylation sites is 2. The SMILES string of the molecule is OCC[C@@H]1[C@H]2CN(c3ccn4c(n3)nc3ccccc34)C[C@@H]12. The summed E-state index contributed by atoms with van der Waals surface area (Å²) >= 11 is 0. The third-order valence-electron chi connectivity index (χ3n) is 5.32. The van der Waals surface area contributed by atoms with E-state index in [1.54, 1.807) is 0 Å². The van der Waals surface area contributed by atoms with Gasteiger partial charge in [-0.2, -0.15) is 4.98 Å². The molecular weight excluding hydrogens is 276 g/mol. The average Bonchev–Trinajstić information content (AvgIpc) is 2.93. The van der Waals surface area contributed by atoms with Crippen molar-refractivity contribution in [3.05, 3.63) is 36.5 Å². The Morgan fingerprint density at radius 1 is 1.09 bits per heavy atom. The van der Waals surface area contributed by atoms with Crippen LogP contribution in [0.15, 0.2) is 36.5 Å². The van der Waals surface area contributed by atoms with Crippen LogP contribution in [0.3, 0.4) is 0 Å². The van der Waals surface area contributed by atoms with Crippen molar-refractivity contribution in [1.82, 2.24) is 14.4 Å². The third kappa shape index (κ3) is 1.69. The molecule has 5 nitrogen and oxygen atoms in total. The number of anilines is 1. The highest BCUT2D eigenvalue weighted by molar-refractivity contribution is 5.79. The smallest absolute Gasteiger partial charge is 0.236 e. The maximum Gasteiger partial charge on any atom is 0.236 e. The zero-order valence-corrected chi connectivity index (χ0v) is 12.3. The highest BCUT2D eigenvalue weighted by Crippen LogP contribution is 2.53. The molecule has 1 saturated carbocycles. The van der Waals surface area contributed by atoms with E-state index in [0.717, 1.165) is 59.9 Å². The van der Waals surface area contributed by atoms with Crippen LogP contribution in [0.25, 0.3) is 16.8 Å². The van der Waals surface area contributed by atoms with E-state index in [9.17, 15) is 0 Å². The second-order valence-electron chi connectivity index (χ2n) is 6.47. The molecule has 1 N–H and O–H groups in total. The number of fused-ring (bicyclic) bond motifs is 4. The number of rotatable bonds is 3. The highest BCUT2D eigenvalue weighted by Gasteiger charge is 2.55. The van der Waals surface area contributed by atoms with Crippen molar-refractivity contribution in [3.8, 4) is 0 Å². The molecule has 5 heteroatoms. The van der Waals surface area contributed by atoms with Gasteiger partial charge in [0.1, 0.15) is 5.82 Å². The fourth-order valence-corrected chi connectivity index (χ4v) is 4.13. The predicted molar refractivity (Wildman–Crippen MR) is 84.9 cm³/mol. The van der Waals surface area contributed by atoms with Gasteiger partial charge in [0.2, 0.25) is 5.78 Å². The van der Waals surface area contributed by atoms with Crippen LogP contribution < -0.4 is 4.90 Å². The molecule has 0 bridgehead atoms. The topological polar surface area (TPSA) is 53.7 Å². The van der Waals surface area contributed by atoms with Crippen LogP contribution >= 0.6 is 0 Å². The van der Waals surface area contributed by atoms with Crippen LogP contribution in [-0.4, -0.2) is 39.2 Å². The molecular formula is C17H18N4O. The molecule has 2 aliphatic rings. The molecule has 22 heavy (non-hydrogen) atoms. The van der Waals surface area contributed by atoms with Gasteiger partial charge in [0.05, 0.1) is 11.0 Å². The lowest BCUT2D eigenvalue weighted by Crippen LogP contribution is -2.25. The minimum atomic E-state index is 0.322. The number of imidazole rings is 1. The first-order valence-electron chi connectivity index (χ1n) is 7.95. The fraction of sp³-hybridized carbons (Fsp3) is 0.412. The van der Waals surface area contributed by atoms with Crippen LogP contribution in [0.4, 0.5) is 5.82 Å². The molecule has 0 radical (unpaired) electrons. The number of aromatic nitrogens is 3. The Morgan fingerprint density at radius 2 is 1.91 bits per heavy atom. The first kappa shape index (κ1) is 12.4. The van der Waals surface area contributed by atoms with Crippen LogP contribution in [0.5, 0.6) is 0 Å². The molecule has 0 spiro atoms. The lowest BCUT2D eigenvalue weighted by molar-refractivity contribution is 0.273. The quantitative estimate of drug-likeness (QED) is 0.802. The van der Waals surface area contributed by atoms with Crippen LogP contribution in [0.1, 0.15) is 6.42 Å². The van der Waals surface area contributed by atoms with Crippen molar-refractivity contribution in [2.45, 2.75) is 6.42 Å². The Hall–Kier alpha value is -2.14. The molecule has 0 unspecified atom stereocenters. The van der Waals surface area contributed by atoms with Crippen molar-refractivity contribution in [2.24, 2.45) is 17.8 Å². The number of piperidine rings is 1. The second kappa shape index (κ2) is 4.43. The molecule has 5 rings (SSSR count). The number of aliphatic hydroxyl groups excluding tert-OH is 1. The summed E-state index contributed by atoms with van der Waals surface area (Å²) in [6, 6.07) is 10.2. The number of hydrogen-bond donors (Lipinski definition) is 1. The first-order valence-corrected chi connectivity index (χ1v) is 7.95. The summed E-state index contributed by atoms with van der Waals surface area (Å²) in [7, 11) is 0. The van der Waals surface area contributed by atoms with Gasteiger partial charge in [-0.05, 0) is 42.4 Å². The van der Waals surface area contributed by atoms with Gasteiger partial charge in [-0.3, -0.25) is 4.40 Å². The Labute approximate surface area is 128 Å². The Bertz CT molecular complexity index is 846. The maximum atomic E-state index is 9.07. The van der Waals surface area contributed by atoms with Gasteiger partial charge in [-0.15, -0.1) is 0 Å². The molecule has 1 aromatic carbocycles. The molecule has 3 heterocycles. The molecule has 1 aliphatic carbocycles. The van der Waals surface area contributed by atoms with Gasteiger partial charge in [-0.1, -0.05) is 12.1 Å². The van der Waals surface area contributed by atoms with E-state index in [-0.39, 0.29) is 0 Å². The number of hydrogen-bond acceptors (Lipinski definition) is 4. The third-order valence-corrected chi connectivity index (χ3v) is 5.32. The summed E-state index contributed by atoms with van der Waals surface area (Å²) < 4.78 is 2.05. The summed E-state index contributed by atoms with van der Waals surface area (Å²) in [5.74, 6) is 4.04. The molecule has 3 atom stereocenters. The highest BCUT2D eigenvalue weighted by atomic mass is 16.3. The van der Waals surface area contributed by atoms with Gasteiger partial charge in [0, 0.05) is 25.9 Å². The average molecular weight is 294 g/mol. The lowest BCUT2D eigenvalue weighted by Gasteiger charge is -2.20. The van der Waals surface area contributed by atoms with Crippen molar-refractivity contribution >= 4 is 22.6 Å².